The number of rotatable bonds is 3. The largest absolute Gasteiger partial charge is 0.478 e. The molecule has 0 bridgehead atoms. The molecule has 18 heavy (non-hydrogen) atoms. The number of carbonyl (C=O) groups is 1. The third-order valence-corrected chi connectivity index (χ3v) is 4.25. The van der Waals surface area contributed by atoms with E-state index in [4.69, 9.17) is 5.11 Å². The number of hydrogen-bond donors (Lipinski definition) is 1. The standard InChI is InChI=1S/C14H19NO3/c1-3-10-4-6-12(9(10)2)15-8-11(14(17)18)5-7-13(15)16/h5,7-10,12H,3-4,6H2,1-2H3,(H,17,18). The van der Waals surface area contributed by atoms with Gasteiger partial charge in [0.25, 0.3) is 5.56 Å². The fraction of sp³-hybridized carbons (Fsp3) is 0.571. The molecule has 2 rings (SSSR count). The molecule has 0 aliphatic heterocycles. The molecule has 0 aromatic carbocycles. The molecule has 3 unspecified atom stereocenters. The summed E-state index contributed by atoms with van der Waals surface area (Å²) in [6.07, 6.45) is 4.68. The van der Waals surface area contributed by atoms with E-state index < -0.39 is 5.97 Å². The lowest BCUT2D eigenvalue weighted by atomic mass is 9.93. The van der Waals surface area contributed by atoms with E-state index in [2.05, 4.69) is 13.8 Å². The molecule has 1 aromatic heterocycles. The van der Waals surface area contributed by atoms with Crippen molar-refractivity contribution in [3.05, 3.63) is 34.2 Å². The van der Waals surface area contributed by atoms with E-state index in [-0.39, 0.29) is 17.2 Å². The van der Waals surface area contributed by atoms with Gasteiger partial charge in [0.2, 0.25) is 0 Å². The van der Waals surface area contributed by atoms with Crippen molar-refractivity contribution in [3.8, 4) is 0 Å². The third-order valence-electron chi connectivity index (χ3n) is 4.25. The van der Waals surface area contributed by atoms with Gasteiger partial charge in [-0.05, 0) is 30.7 Å². The summed E-state index contributed by atoms with van der Waals surface area (Å²) in [7, 11) is 0. The quantitative estimate of drug-likeness (QED) is 0.895. The van der Waals surface area contributed by atoms with E-state index in [1.54, 1.807) is 4.57 Å². The Hall–Kier alpha value is -1.58. The molecular weight excluding hydrogens is 230 g/mol. The lowest BCUT2D eigenvalue weighted by molar-refractivity contribution is 0.0695. The van der Waals surface area contributed by atoms with Gasteiger partial charge >= 0.3 is 5.97 Å². The summed E-state index contributed by atoms with van der Waals surface area (Å²) in [5.74, 6) is 0.0774. The number of carboxylic acid groups (broad SMARTS) is 1. The van der Waals surface area contributed by atoms with Crippen molar-refractivity contribution in [3.63, 3.8) is 0 Å². The molecule has 1 aliphatic rings. The van der Waals surface area contributed by atoms with Crippen molar-refractivity contribution in [2.75, 3.05) is 0 Å². The first-order valence-corrected chi connectivity index (χ1v) is 6.50. The zero-order chi connectivity index (χ0) is 13.3. The van der Waals surface area contributed by atoms with E-state index in [1.807, 2.05) is 0 Å². The van der Waals surface area contributed by atoms with Crippen LogP contribution in [0.5, 0.6) is 0 Å². The van der Waals surface area contributed by atoms with Crippen molar-refractivity contribution in [1.82, 2.24) is 4.57 Å². The monoisotopic (exact) mass is 249 g/mol. The molecule has 3 atom stereocenters. The molecule has 4 heteroatoms. The third kappa shape index (κ3) is 2.19. The number of pyridine rings is 1. The highest BCUT2D eigenvalue weighted by Gasteiger charge is 2.33. The van der Waals surface area contributed by atoms with E-state index in [0.29, 0.717) is 11.8 Å². The van der Waals surface area contributed by atoms with Crippen LogP contribution in [-0.2, 0) is 0 Å². The van der Waals surface area contributed by atoms with Crippen molar-refractivity contribution >= 4 is 5.97 Å². The first-order chi connectivity index (χ1) is 8.54. The maximum Gasteiger partial charge on any atom is 0.337 e. The molecule has 1 aliphatic carbocycles. The van der Waals surface area contributed by atoms with Gasteiger partial charge in [-0.15, -0.1) is 0 Å². The molecule has 1 saturated carbocycles. The van der Waals surface area contributed by atoms with Crippen LogP contribution in [0.3, 0.4) is 0 Å². The number of nitrogens with zero attached hydrogens (tertiary/aromatic N) is 1. The molecule has 0 amide bonds. The molecule has 0 radical (unpaired) electrons. The van der Waals surface area contributed by atoms with Gasteiger partial charge in [0.15, 0.2) is 0 Å². The molecule has 0 saturated heterocycles. The zero-order valence-electron chi connectivity index (χ0n) is 10.8. The summed E-state index contributed by atoms with van der Waals surface area (Å²) in [6, 6.07) is 2.87. The molecule has 1 heterocycles. The highest BCUT2D eigenvalue weighted by molar-refractivity contribution is 5.87. The second kappa shape index (κ2) is 4.96. The first-order valence-electron chi connectivity index (χ1n) is 6.50. The molecule has 1 aromatic rings. The highest BCUT2D eigenvalue weighted by Crippen LogP contribution is 2.40. The van der Waals surface area contributed by atoms with Crippen LogP contribution < -0.4 is 5.56 Å². The van der Waals surface area contributed by atoms with Crippen molar-refractivity contribution in [1.29, 1.82) is 0 Å². The summed E-state index contributed by atoms with van der Waals surface area (Å²) in [5, 5.41) is 8.99. The summed E-state index contributed by atoms with van der Waals surface area (Å²) in [4.78, 5) is 22.9. The minimum Gasteiger partial charge on any atom is -0.478 e. The van der Waals surface area contributed by atoms with Gasteiger partial charge < -0.3 is 9.67 Å². The van der Waals surface area contributed by atoms with Gasteiger partial charge in [0, 0.05) is 18.3 Å². The Balaban J connectivity index is 2.36. The topological polar surface area (TPSA) is 59.3 Å². The Morgan fingerprint density at radius 2 is 2.17 bits per heavy atom. The molecule has 98 valence electrons. The van der Waals surface area contributed by atoms with Gasteiger partial charge in [-0.3, -0.25) is 4.79 Å². The Labute approximate surface area is 106 Å². The molecule has 0 spiro atoms. The number of carboxylic acids is 1. The predicted octanol–water partition coefficient (Wildman–Crippen LogP) is 2.54. The van der Waals surface area contributed by atoms with Crippen molar-refractivity contribution in [2.24, 2.45) is 11.8 Å². The smallest absolute Gasteiger partial charge is 0.337 e. The molecule has 1 fully saturated rings. The Kier molecular flexibility index (Phi) is 3.55. The van der Waals surface area contributed by atoms with Crippen LogP contribution in [0, 0.1) is 11.8 Å². The van der Waals surface area contributed by atoms with Gasteiger partial charge in [-0.2, -0.15) is 0 Å². The Morgan fingerprint density at radius 1 is 1.44 bits per heavy atom. The number of hydrogen-bond acceptors (Lipinski definition) is 2. The fourth-order valence-corrected chi connectivity index (χ4v) is 3.08. The van der Waals surface area contributed by atoms with Gasteiger partial charge in [0.1, 0.15) is 0 Å². The van der Waals surface area contributed by atoms with E-state index in [0.717, 1.165) is 19.3 Å². The fourth-order valence-electron chi connectivity index (χ4n) is 3.08. The van der Waals surface area contributed by atoms with Gasteiger partial charge in [0.05, 0.1) is 5.56 Å². The second-order valence-corrected chi connectivity index (χ2v) is 5.14. The van der Waals surface area contributed by atoms with Crippen LogP contribution in [0.15, 0.2) is 23.1 Å². The minimum absolute atomic E-state index is 0.103. The van der Waals surface area contributed by atoms with Crippen LogP contribution >= 0.6 is 0 Å². The summed E-state index contributed by atoms with van der Waals surface area (Å²) < 4.78 is 1.61. The van der Waals surface area contributed by atoms with Crippen molar-refractivity contribution in [2.45, 2.75) is 39.2 Å². The summed E-state index contributed by atoms with van der Waals surface area (Å²) in [5.41, 5.74) is 0.0790. The van der Waals surface area contributed by atoms with Crippen LogP contribution in [0.2, 0.25) is 0 Å². The number of aromatic carboxylic acids is 1. The van der Waals surface area contributed by atoms with Crippen LogP contribution in [0.4, 0.5) is 0 Å². The van der Waals surface area contributed by atoms with Crippen LogP contribution in [0.25, 0.3) is 0 Å². The summed E-state index contributed by atoms with van der Waals surface area (Å²) >= 11 is 0. The lowest BCUT2D eigenvalue weighted by Gasteiger charge is -2.22. The van der Waals surface area contributed by atoms with Gasteiger partial charge in [-0.1, -0.05) is 20.3 Å². The minimum atomic E-state index is -0.985. The van der Waals surface area contributed by atoms with E-state index in [1.165, 1.54) is 18.3 Å². The second-order valence-electron chi connectivity index (χ2n) is 5.14. The Morgan fingerprint density at radius 3 is 2.72 bits per heavy atom. The lowest BCUT2D eigenvalue weighted by Crippen LogP contribution is -2.27. The first kappa shape index (κ1) is 12.9. The summed E-state index contributed by atoms with van der Waals surface area (Å²) in [6.45, 7) is 4.33. The average molecular weight is 249 g/mol. The normalized spacial score (nSPS) is 27.3. The van der Waals surface area contributed by atoms with Crippen LogP contribution in [-0.4, -0.2) is 15.6 Å². The van der Waals surface area contributed by atoms with E-state index >= 15 is 0 Å². The van der Waals surface area contributed by atoms with Gasteiger partial charge in [-0.25, -0.2) is 4.79 Å². The zero-order valence-corrected chi connectivity index (χ0v) is 10.8. The van der Waals surface area contributed by atoms with E-state index in [9.17, 15) is 9.59 Å². The Bertz CT molecular complexity index is 506. The number of aromatic nitrogens is 1. The van der Waals surface area contributed by atoms with Crippen molar-refractivity contribution < 1.29 is 9.90 Å². The maximum atomic E-state index is 11.9. The van der Waals surface area contributed by atoms with Crippen LogP contribution in [0.1, 0.15) is 49.5 Å². The SMILES string of the molecule is CCC1CCC(n2cc(C(=O)O)ccc2=O)C1C. The highest BCUT2D eigenvalue weighted by atomic mass is 16.4. The molecule has 1 N–H and O–H groups in total. The average Bonchev–Trinajstić information content (AvgIpc) is 2.70. The molecule has 4 nitrogen and oxygen atoms in total. The maximum absolute atomic E-state index is 11.9. The molecular formula is C14H19NO3. The predicted molar refractivity (Wildman–Crippen MR) is 68.9 cm³/mol.